The van der Waals surface area contributed by atoms with Crippen LogP contribution >= 0.6 is 0 Å². The summed E-state index contributed by atoms with van der Waals surface area (Å²) in [5.74, 6) is -5.10. The Morgan fingerprint density at radius 2 is 1.94 bits per heavy atom. The molecule has 0 bridgehead atoms. The van der Waals surface area contributed by atoms with Crippen LogP contribution in [0.15, 0.2) is 12.5 Å². The first-order valence-corrected chi connectivity index (χ1v) is 10.3. The third-order valence-corrected chi connectivity index (χ3v) is 5.25. The molecule has 0 radical (unpaired) electrons. The van der Waals surface area contributed by atoms with Gasteiger partial charge in [0.05, 0.1) is 18.9 Å². The smallest absolute Gasteiger partial charge is 0.326 e. The van der Waals surface area contributed by atoms with Gasteiger partial charge in [-0.25, -0.2) is 9.78 Å². The molecule has 3 amide bonds. The number of hydrogen-bond donors (Lipinski definition) is 7. The van der Waals surface area contributed by atoms with Crippen molar-refractivity contribution >= 4 is 29.7 Å². The predicted octanol–water partition coefficient (Wildman–Crippen LogP) is -2.82. The van der Waals surface area contributed by atoms with Gasteiger partial charge in [-0.3, -0.25) is 19.2 Å². The standard InChI is InChI=1S/C19H28N6O8/c1-9(26)15(20)17(30)23-11(5-10-7-21-8-22-10)18(31)25-4-2-3-13(25)16(29)24-12(19(32)33)6-14(27)28/h7-9,11-13,15,26H,2-6,20H2,1H3,(H,21,22)(H,23,30)(H,24,29)(H,27,28)(H,32,33). The molecule has 0 aliphatic carbocycles. The number of rotatable bonds is 11. The number of nitrogens with zero attached hydrogens (tertiary/aromatic N) is 2. The number of nitrogens with one attached hydrogen (secondary N) is 3. The van der Waals surface area contributed by atoms with Crippen LogP contribution in [0.2, 0.25) is 0 Å². The number of nitrogens with two attached hydrogens (primary N) is 1. The number of aliphatic carboxylic acids is 2. The van der Waals surface area contributed by atoms with E-state index in [1.165, 1.54) is 24.3 Å². The fourth-order valence-corrected chi connectivity index (χ4v) is 3.45. The number of carbonyl (C=O) groups excluding carboxylic acids is 3. The first-order valence-electron chi connectivity index (χ1n) is 10.3. The average Bonchev–Trinajstić information content (AvgIpc) is 3.43. The summed E-state index contributed by atoms with van der Waals surface area (Å²) in [5, 5.41) is 32.3. The maximum atomic E-state index is 13.3. The molecular formula is C19H28N6O8. The maximum Gasteiger partial charge on any atom is 0.326 e. The quantitative estimate of drug-likeness (QED) is 0.176. The Balaban J connectivity index is 2.19. The number of aromatic nitrogens is 2. The van der Waals surface area contributed by atoms with Crippen molar-refractivity contribution in [3.63, 3.8) is 0 Å². The zero-order valence-corrected chi connectivity index (χ0v) is 17.9. The van der Waals surface area contributed by atoms with Crippen LogP contribution in [-0.4, -0.2) is 96.7 Å². The Kier molecular flexibility index (Phi) is 8.87. The number of likely N-dealkylation sites (tertiary alicyclic amines) is 1. The average molecular weight is 468 g/mol. The minimum Gasteiger partial charge on any atom is -0.481 e. The molecule has 1 aliphatic heterocycles. The molecule has 0 aromatic carbocycles. The topological polar surface area (TPSA) is 228 Å². The number of aliphatic hydroxyl groups is 1. The molecule has 182 valence electrons. The first kappa shape index (κ1) is 25.7. The Morgan fingerprint density at radius 1 is 1.24 bits per heavy atom. The molecule has 2 heterocycles. The molecule has 0 saturated carbocycles. The van der Waals surface area contributed by atoms with Crippen molar-refractivity contribution in [2.45, 2.75) is 62.9 Å². The van der Waals surface area contributed by atoms with Crippen LogP contribution in [0.25, 0.3) is 0 Å². The summed E-state index contributed by atoms with van der Waals surface area (Å²) in [6.07, 6.45) is 1.53. The summed E-state index contributed by atoms with van der Waals surface area (Å²) in [4.78, 5) is 68.4. The molecule has 1 saturated heterocycles. The van der Waals surface area contributed by atoms with Crippen LogP contribution < -0.4 is 16.4 Å². The van der Waals surface area contributed by atoms with Crippen molar-refractivity contribution in [1.82, 2.24) is 25.5 Å². The third-order valence-electron chi connectivity index (χ3n) is 5.25. The Morgan fingerprint density at radius 3 is 2.48 bits per heavy atom. The third kappa shape index (κ3) is 6.98. The van der Waals surface area contributed by atoms with Crippen molar-refractivity contribution < 1.29 is 39.3 Å². The van der Waals surface area contributed by atoms with E-state index in [4.69, 9.17) is 15.9 Å². The van der Waals surface area contributed by atoms with E-state index in [9.17, 15) is 29.1 Å². The zero-order chi connectivity index (χ0) is 24.7. The van der Waals surface area contributed by atoms with Crippen LogP contribution in [-0.2, 0) is 30.4 Å². The van der Waals surface area contributed by atoms with Gasteiger partial charge in [0.1, 0.15) is 24.2 Å². The first-order chi connectivity index (χ1) is 15.5. The minimum atomic E-state index is -1.66. The Bertz CT molecular complexity index is 874. The largest absolute Gasteiger partial charge is 0.481 e. The van der Waals surface area contributed by atoms with Gasteiger partial charge in [-0.05, 0) is 19.8 Å². The molecule has 1 fully saturated rings. The van der Waals surface area contributed by atoms with Crippen LogP contribution in [0.3, 0.4) is 0 Å². The lowest BCUT2D eigenvalue weighted by Crippen LogP contribution is -2.58. The number of H-pyrrole nitrogens is 1. The van der Waals surface area contributed by atoms with Crippen LogP contribution in [0.1, 0.15) is 31.9 Å². The lowest BCUT2D eigenvalue weighted by atomic mass is 10.1. The van der Waals surface area contributed by atoms with Gasteiger partial charge < -0.3 is 41.6 Å². The molecular weight excluding hydrogens is 440 g/mol. The highest BCUT2D eigenvalue weighted by Crippen LogP contribution is 2.20. The summed E-state index contributed by atoms with van der Waals surface area (Å²) < 4.78 is 0. The van der Waals surface area contributed by atoms with Gasteiger partial charge in [-0.2, -0.15) is 0 Å². The second-order valence-electron chi connectivity index (χ2n) is 7.80. The van der Waals surface area contributed by atoms with Gasteiger partial charge in [0.15, 0.2) is 0 Å². The van der Waals surface area contributed by atoms with Gasteiger partial charge in [-0.15, -0.1) is 0 Å². The highest BCUT2D eigenvalue weighted by molar-refractivity contribution is 5.95. The molecule has 5 unspecified atom stereocenters. The van der Waals surface area contributed by atoms with Crippen molar-refractivity contribution in [3.8, 4) is 0 Å². The summed E-state index contributed by atoms with van der Waals surface area (Å²) in [7, 11) is 0. The lowest BCUT2D eigenvalue weighted by molar-refractivity contribution is -0.148. The van der Waals surface area contributed by atoms with E-state index >= 15 is 0 Å². The van der Waals surface area contributed by atoms with Gasteiger partial charge >= 0.3 is 11.9 Å². The number of carboxylic acids is 2. The molecule has 1 aromatic rings. The number of hydrogen-bond acceptors (Lipinski definition) is 8. The van der Waals surface area contributed by atoms with Crippen LogP contribution in [0.5, 0.6) is 0 Å². The van der Waals surface area contributed by atoms with Crippen molar-refractivity contribution in [1.29, 1.82) is 0 Å². The van der Waals surface area contributed by atoms with Gasteiger partial charge in [0.25, 0.3) is 0 Å². The van der Waals surface area contributed by atoms with E-state index in [0.717, 1.165) is 0 Å². The van der Waals surface area contributed by atoms with Gasteiger partial charge in [-0.1, -0.05) is 0 Å². The Hall–Kier alpha value is -3.52. The number of carboxylic acid groups (broad SMARTS) is 2. The number of carbonyl (C=O) groups is 5. The predicted molar refractivity (Wildman–Crippen MR) is 110 cm³/mol. The number of imidazole rings is 1. The molecule has 1 aromatic heterocycles. The molecule has 1 aliphatic rings. The number of aromatic amines is 1. The van der Waals surface area contributed by atoms with Gasteiger partial charge in [0.2, 0.25) is 17.7 Å². The van der Waals surface area contributed by atoms with Crippen LogP contribution in [0.4, 0.5) is 0 Å². The van der Waals surface area contributed by atoms with E-state index in [1.807, 2.05) is 0 Å². The van der Waals surface area contributed by atoms with E-state index in [2.05, 4.69) is 20.6 Å². The normalized spacial score (nSPS) is 19.2. The second-order valence-corrected chi connectivity index (χ2v) is 7.80. The molecule has 8 N–H and O–H groups in total. The Labute approximate surface area is 188 Å². The number of amides is 3. The molecule has 5 atom stereocenters. The highest BCUT2D eigenvalue weighted by atomic mass is 16.4. The SMILES string of the molecule is CC(O)C(N)C(=O)NC(Cc1cnc[nH]1)C(=O)N1CCCC1C(=O)NC(CC(=O)O)C(=O)O. The zero-order valence-electron chi connectivity index (χ0n) is 17.9. The fourth-order valence-electron chi connectivity index (χ4n) is 3.45. The summed E-state index contributed by atoms with van der Waals surface area (Å²) >= 11 is 0. The van der Waals surface area contributed by atoms with Crippen molar-refractivity contribution in [2.24, 2.45) is 5.73 Å². The van der Waals surface area contributed by atoms with E-state index < -0.39 is 66.4 Å². The van der Waals surface area contributed by atoms with E-state index in [1.54, 1.807) is 0 Å². The van der Waals surface area contributed by atoms with E-state index in [0.29, 0.717) is 12.1 Å². The molecule has 2 rings (SSSR count). The summed E-state index contributed by atoms with van der Waals surface area (Å²) in [6.45, 7) is 1.50. The van der Waals surface area contributed by atoms with Crippen molar-refractivity contribution in [2.75, 3.05) is 6.54 Å². The lowest BCUT2D eigenvalue weighted by Gasteiger charge is -2.30. The second kappa shape index (κ2) is 11.4. The monoisotopic (exact) mass is 468 g/mol. The summed E-state index contributed by atoms with van der Waals surface area (Å²) in [5.41, 5.74) is 6.18. The van der Waals surface area contributed by atoms with Gasteiger partial charge in [0, 0.05) is 24.9 Å². The molecule has 14 heteroatoms. The van der Waals surface area contributed by atoms with E-state index in [-0.39, 0.29) is 19.4 Å². The molecule has 14 nitrogen and oxygen atoms in total. The minimum absolute atomic E-state index is 0.00128. The molecule has 33 heavy (non-hydrogen) atoms. The fraction of sp³-hybridized carbons (Fsp3) is 0.579. The number of aliphatic hydroxyl groups excluding tert-OH is 1. The summed E-state index contributed by atoms with van der Waals surface area (Å²) in [6, 6.07) is -5.13. The molecule has 0 spiro atoms. The highest BCUT2D eigenvalue weighted by Gasteiger charge is 2.39. The van der Waals surface area contributed by atoms with Crippen molar-refractivity contribution in [3.05, 3.63) is 18.2 Å². The maximum absolute atomic E-state index is 13.3. The van der Waals surface area contributed by atoms with Crippen LogP contribution in [0, 0.1) is 0 Å².